The Balaban J connectivity index is 1.50. The van der Waals surface area contributed by atoms with E-state index in [1.807, 2.05) is 61.5 Å². The average Bonchev–Trinajstić information content (AvgIpc) is 2.71. The van der Waals surface area contributed by atoms with Crippen molar-refractivity contribution >= 4 is 22.9 Å². The third-order valence-corrected chi connectivity index (χ3v) is 4.43. The number of amides is 1. The van der Waals surface area contributed by atoms with Crippen molar-refractivity contribution in [3.63, 3.8) is 0 Å². The number of aromatic hydroxyl groups is 1. The monoisotopic (exact) mass is 376 g/mol. The molecule has 0 saturated heterocycles. The van der Waals surface area contributed by atoms with Gasteiger partial charge in [0.25, 0.3) is 0 Å². The number of phenols is 1. The normalized spacial score (nSPS) is 11.0. The van der Waals surface area contributed by atoms with Crippen molar-refractivity contribution in [2.24, 2.45) is 5.10 Å². The van der Waals surface area contributed by atoms with Crippen LogP contribution >= 0.6 is 0 Å². The summed E-state index contributed by atoms with van der Waals surface area (Å²) in [5.41, 5.74) is 4.29. The van der Waals surface area contributed by atoms with Crippen LogP contribution in [0.4, 0.5) is 0 Å². The van der Waals surface area contributed by atoms with Crippen LogP contribution in [0.25, 0.3) is 10.8 Å². The quantitative estimate of drug-likeness (QED) is 0.452. The lowest BCUT2D eigenvalue weighted by molar-refractivity contribution is -0.121. The van der Waals surface area contributed by atoms with Gasteiger partial charge in [-0.3, -0.25) is 4.79 Å². The second-order valence-corrected chi connectivity index (χ2v) is 6.44. The maximum absolute atomic E-state index is 12.0. The van der Waals surface area contributed by atoms with E-state index in [0.717, 1.165) is 29.4 Å². The Kier molecular flexibility index (Phi) is 6.63. The highest BCUT2D eigenvalue weighted by molar-refractivity contribution is 6.02. The lowest BCUT2D eigenvalue weighted by atomic mass is 10.0. The first-order valence-electron chi connectivity index (χ1n) is 9.41. The van der Waals surface area contributed by atoms with Crippen LogP contribution in [0.3, 0.4) is 0 Å². The standard InChI is InChI=1S/C23H24N2O3/c1-2-28-19-13-10-17(11-14-19)6-5-9-23(27)25-24-16-21-20-8-4-3-7-18(20)12-15-22(21)26/h3-4,7-8,10-16,26H,2,5-6,9H2,1H3,(H,25,27). The lowest BCUT2D eigenvalue weighted by Gasteiger charge is -2.06. The van der Waals surface area contributed by atoms with Crippen LogP contribution in [0.1, 0.15) is 30.9 Å². The summed E-state index contributed by atoms with van der Waals surface area (Å²) in [6, 6.07) is 19.1. The first kappa shape index (κ1) is 19.4. The highest BCUT2D eigenvalue weighted by atomic mass is 16.5. The molecule has 28 heavy (non-hydrogen) atoms. The zero-order valence-electron chi connectivity index (χ0n) is 15.9. The van der Waals surface area contributed by atoms with Crippen LogP contribution < -0.4 is 10.2 Å². The molecule has 0 aliphatic carbocycles. The molecule has 0 saturated carbocycles. The van der Waals surface area contributed by atoms with E-state index in [2.05, 4.69) is 10.5 Å². The van der Waals surface area contributed by atoms with Crippen molar-refractivity contribution in [3.8, 4) is 11.5 Å². The van der Waals surface area contributed by atoms with E-state index < -0.39 is 0 Å². The molecule has 0 spiro atoms. The van der Waals surface area contributed by atoms with Crippen molar-refractivity contribution < 1.29 is 14.6 Å². The molecule has 3 aromatic carbocycles. The van der Waals surface area contributed by atoms with Crippen molar-refractivity contribution in [2.75, 3.05) is 6.61 Å². The van der Waals surface area contributed by atoms with Crippen molar-refractivity contribution in [1.82, 2.24) is 5.43 Å². The number of hydrogen-bond acceptors (Lipinski definition) is 4. The molecule has 144 valence electrons. The van der Waals surface area contributed by atoms with Gasteiger partial charge in [0.2, 0.25) is 5.91 Å². The number of hydrogen-bond donors (Lipinski definition) is 2. The Morgan fingerprint density at radius 1 is 1.11 bits per heavy atom. The smallest absolute Gasteiger partial charge is 0.240 e. The zero-order valence-corrected chi connectivity index (χ0v) is 15.9. The Hall–Kier alpha value is -3.34. The molecule has 0 unspecified atom stereocenters. The number of carbonyl (C=O) groups excluding carboxylic acids is 1. The predicted molar refractivity (Wildman–Crippen MR) is 112 cm³/mol. The van der Waals surface area contributed by atoms with Crippen LogP contribution in [0.2, 0.25) is 0 Å². The molecule has 3 aromatic rings. The average molecular weight is 376 g/mol. The summed E-state index contributed by atoms with van der Waals surface area (Å²) >= 11 is 0. The summed E-state index contributed by atoms with van der Waals surface area (Å²) in [5, 5.41) is 16.0. The number of hydrazone groups is 1. The second-order valence-electron chi connectivity index (χ2n) is 6.44. The second kappa shape index (κ2) is 9.55. The van der Waals surface area contributed by atoms with E-state index in [4.69, 9.17) is 4.74 Å². The number of phenolic OH excluding ortho intramolecular Hbond substituents is 1. The number of ether oxygens (including phenoxy) is 1. The molecule has 5 heteroatoms. The number of benzene rings is 3. The minimum Gasteiger partial charge on any atom is -0.507 e. The fourth-order valence-corrected chi connectivity index (χ4v) is 3.02. The molecule has 0 bridgehead atoms. The van der Waals surface area contributed by atoms with Gasteiger partial charge >= 0.3 is 0 Å². The van der Waals surface area contributed by atoms with Crippen LogP contribution in [0.5, 0.6) is 11.5 Å². The van der Waals surface area contributed by atoms with Gasteiger partial charge in [-0.05, 0) is 54.3 Å². The molecule has 2 N–H and O–H groups in total. The fourth-order valence-electron chi connectivity index (χ4n) is 3.02. The highest BCUT2D eigenvalue weighted by Gasteiger charge is 2.05. The number of carbonyl (C=O) groups is 1. The van der Waals surface area contributed by atoms with Gasteiger partial charge in [-0.15, -0.1) is 0 Å². The Morgan fingerprint density at radius 2 is 1.89 bits per heavy atom. The van der Waals surface area contributed by atoms with Gasteiger partial charge in [0.05, 0.1) is 12.8 Å². The molecule has 0 aliphatic heterocycles. The van der Waals surface area contributed by atoms with Crippen molar-refractivity contribution in [1.29, 1.82) is 0 Å². The molecule has 0 atom stereocenters. The molecular weight excluding hydrogens is 352 g/mol. The summed E-state index contributed by atoms with van der Waals surface area (Å²) in [4.78, 5) is 12.0. The van der Waals surface area contributed by atoms with E-state index in [1.54, 1.807) is 6.07 Å². The highest BCUT2D eigenvalue weighted by Crippen LogP contribution is 2.25. The largest absolute Gasteiger partial charge is 0.507 e. The maximum Gasteiger partial charge on any atom is 0.240 e. The molecule has 0 heterocycles. The van der Waals surface area contributed by atoms with Crippen molar-refractivity contribution in [2.45, 2.75) is 26.2 Å². The van der Waals surface area contributed by atoms with Gasteiger partial charge in [0.15, 0.2) is 0 Å². The van der Waals surface area contributed by atoms with Crippen LogP contribution in [0.15, 0.2) is 65.8 Å². The Labute approximate surface area is 164 Å². The van der Waals surface area contributed by atoms with E-state index in [-0.39, 0.29) is 11.7 Å². The van der Waals surface area contributed by atoms with E-state index in [1.165, 1.54) is 11.8 Å². The zero-order chi connectivity index (χ0) is 19.8. The summed E-state index contributed by atoms with van der Waals surface area (Å²) in [6.07, 6.45) is 3.41. The molecule has 5 nitrogen and oxygen atoms in total. The van der Waals surface area contributed by atoms with Gasteiger partial charge < -0.3 is 9.84 Å². The number of rotatable bonds is 8. The Morgan fingerprint density at radius 3 is 2.68 bits per heavy atom. The molecule has 0 fully saturated rings. The Bertz CT molecular complexity index is 965. The lowest BCUT2D eigenvalue weighted by Crippen LogP contribution is -2.17. The molecule has 0 aliphatic rings. The molecular formula is C23H24N2O3. The fraction of sp³-hybridized carbons (Fsp3) is 0.217. The van der Waals surface area contributed by atoms with Crippen molar-refractivity contribution in [3.05, 3.63) is 71.8 Å². The maximum atomic E-state index is 12.0. The summed E-state index contributed by atoms with van der Waals surface area (Å²) in [6.45, 7) is 2.60. The summed E-state index contributed by atoms with van der Waals surface area (Å²) in [5.74, 6) is 0.837. The first-order chi connectivity index (χ1) is 13.7. The summed E-state index contributed by atoms with van der Waals surface area (Å²) < 4.78 is 5.42. The van der Waals surface area contributed by atoms with Gasteiger partial charge in [-0.1, -0.05) is 42.5 Å². The van der Waals surface area contributed by atoms with Gasteiger partial charge in [-0.25, -0.2) is 5.43 Å². The topological polar surface area (TPSA) is 70.9 Å². The van der Waals surface area contributed by atoms with Crippen LogP contribution in [0, 0.1) is 0 Å². The summed E-state index contributed by atoms with van der Waals surface area (Å²) in [7, 11) is 0. The number of nitrogens with one attached hydrogen (secondary N) is 1. The van der Waals surface area contributed by atoms with E-state index >= 15 is 0 Å². The van der Waals surface area contributed by atoms with Gasteiger partial charge in [0, 0.05) is 12.0 Å². The molecule has 0 radical (unpaired) electrons. The molecule has 3 rings (SSSR count). The minimum absolute atomic E-state index is 0.132. The third kappa shape index (κ3) is 5.10. The molecule has 1 amide bonds. The predicted octanol–water partition coefficient (Wildman–Crippen LogP) is 4.42. The first-order valence-corrected chi connectivity index (χ1v) is 9.41. The molecule has 0 aromatic heterocycles. The van der Waals surface area contributed by atoms with Gasteiger partial charge in [0.1, 0.15) is 11.5 Å². The van der Waals surface area contributed by atoms with Crippen LogP contribution in [-0.4, -0.2) is 23.8 Å². The number of fused-ring (bicyclic) bond motifs is 1. The number of nitrogens with zero attached hydrogens (tertiary/aromatic N) is 1. The SMILES string of the molecule is CCOc1ccc(CCCC(=O)NN=Cc2c(O)ccc3ccccc23)cc1. The number of aryl methyl sites for hydroxylation is 1. The third-order valence-electron chi connectivity index (χ3n) is 4.43. The van der Waals surface area contributed by atoms with E-state index in [9.17, 15) is 9.90 Å². The minimum atomic E-state index is -0.151. The van der Waals surface area contributed by atoms with E-state index in [0.29, 0.717) is 18.6 Å². The van der Waals surface area contributed by atoms with Crippen LogP contribution in [-0.2, 0) is 11.2 Å². The van der Waals surface area contributed by atoms with Gasteiger partial charge in [-0.2, -0.15) is 5.10 Å².